The van der Waals surface area contributed by atoms with Crippen molar-refractivity contribution >= 4 is 45.7 Å². The van der Waals surface area contributed by atoms with Crippen LogP contribution in [0.15, 0.2) is 41.8 Å². The predicted octanol–water partition coefficient (Wildman–Crippen LogP) is 4.26. The Labute approximate surface area is 192 Å². The number of aromatic nitrogens is 2. The molecule has 0 radical (unpaired) electrons. The maximum absolute atomic E-state index is 12.3. The second-order valence-corrected chi connectivity index (χ2v) is 9.39. The molecule has 2 N–H and O–H groups in total. The fraction of sp³-hybridized carbons (Fsp3) is 0.417. The van der Waals surface area contributed by atoms with E-state index in [0.29, 0.717) is 5.95 Å². The van der Waals surface area contributed by atoms with Crippen molar-refractivity contribution in [1.29, 1.82) is 0 Å². The van der Waals surface area contributed by atoms with Crippen LogP contribution in [0.4, 0.5) is 11.8 Å². The fourth-order valence-electron chi connectivity index (χ4n) is 4.12. The van der Waals surface area contributed by atoms with Crippen LogP contribution < -0.4 is 15.5 Å². The number of benzene rings is 1. The normalized spacial score (nSPS) is 18.3. The molecule has 0 unspecified atom stereocenters. The molecule has 1 aliphatic rings. The summed E-state index contributed by atoms with van der Waals surface area (Å²) in [6, 6.07) is 12.1. The highest BCUT2D eigenvalue weighted by Gasteiger charge is 2.23. The van der Waals surface area contributed by atoms with E-state index in [2.05, 4.69) is 10.6 Å². The molecular weight excluding hydrogens is 422 g/mol. The summed E-state index contributed by atoms with van der Waals surface area (Å²) in [5, 5.41) is 9.50. The Morgan fingerprint density at radius 3 is 2.47 bits per heavy atom. The number of rotatable bonds is 8. The van der Waals surface area contributed by atoms with Crippen molar-refractivity contribution in [2.24, 2.45) is 0 Å². The number of carbonyl (C=O) groups excluding carboxylic acids is 2. The van der Waals surface area contributed by atoms with Gasteiger partial charge < -0.3 is 15.5 Å². The number of nitrogens with one attached hydrogen (secondary N) is 2. The maximum Gasteiger partial charge on any atom is 0.225 e. The van der Waals surface area contributed by atoms with Gasteiger partial charge in [-0.05, 0) is 49.3 Å². The van der Waals surface area contributed by atoms with Gasteiger partial charge in [0.25, 0.3) is 0 Å². The molecule has 1 fully saturated rings. The first-order valence-corrected chi connectivity index (χ1v) is 11.9. The Hall–Kier alpha value is -3.00. The van der Waals surface area contributed by atoms with Gasteiger partial charge in [-0.2, -0.15) is 4.98 Å². The molecule has 0 bridgehead atoms. The van der Waals surface area contributed by atoms with E-state index in [4.69, 9.17) is 9.97 Å². The first-order valence-electron chi connectivity index (χ1n) is 11.1. The maximum atomic E-state index is 12.3. The molecule has 168 valence electrons. The van der Waals surface area contributed by atoms with Crippen molar-refractivity contribution in [1.82, 2.24) is 15.3 Å². The summed E-state index contributed by atoms with van der Waals surface area (Å²) >= 11 is 1.42. The van der Waals surface area contributed by atoms with Gasteiger partial charge in [-0.1, -0.05) is 18.2 Å². The van der Waals surface area contributed by atoms with Gasteiger partial charge >= 0.3 is 0 Å². The van der Waals surface area contributed by atoms with Crippen LogP contribution in [0, 0.1) is 0 Å². The summed E-state index contributed by atoms with van der Waals surface area (Å²) in [4.78, 5) is 36.5. The highest BCUT2D eigenvalue weighted by Crippen LogP contribution is 2.26. The molecule has 1 saturated carbocycles. The number of para-hydroxylation sites is 1. The Bertz CT molecular complexity index is 1080. The van der Waals surface area contributed by atoms with Crippen molar-refractivity contribution in [3.63, 3.8) is 0 Å². The smallest absolute Gasteiger partial charge is 0.225 e. The Kier molecular flexibility index (Phi) is 6.99. The van der Waals surface area contributed by atoms with E-state index >= 15 is 0 Å². The van der Waals surface area contributed by atoms with Gasteiger partial charge in [0.2, 0.25) is 11.9 Å². The third kappa shape index (κ3) is 5.43. The lowest BCUT2D eigenvalue weighted by molar-refractivity contribution is -0.122. The summed E-state index contributed by atoms with van der Waals surface area (Å²) in [5.41, 5.74) is 0.923. The number of Topliss-reactive ketones (excluding diaryl/α,β-unsaturated/α-hetero) is 1. The molecule has 0 aliphatic heterocycles. The minimum Gasteiger partial charge on any atom is -0.362 e. The molecule has 4 rings (SSSR count). The van der Waals surface area contributed by atoms with Crippen LogP contribution in [0.25, 0.3) is 10.9 Å². The molecule has 8 heteroatoms. The molecule has 0 saturated heterocycles. The van der Waals surface area contributed by atoms with Gasteiger partial charge in [-0.3, -0.25) is 9.59 Å². The van der Waals surface area contributed by atoms with Gasteiger partial charge in [0.15, 0.2) is 5.78 Å². The zero-order valence-corrected chi connectivity index (χ0v) is 19.3. The summed E-state index contributed by atoms with van der Waals surface area (Å²) < 4.78 is 0. The van der Waals surface area contributed by atoms with E-state index in [1.165, 1.54) is 11.3 Å². The van der Waals surface area contributed by atoms with E-state index in [0.717, 1.165) is 47.3 Å². The number of anilines is 2. The third-order valence-corrected chi connectivity index (χ3v) is 6.72. The van der Waals surface area contributed by atoms with Gasteiger partial charge in [-0.15, -0.1) is 11.3 Å². The summed E-state index contributed by atoms with van der Waals surface area (Å²) in [7, 11) is 3.97. The predicted molar refractivity (Wildman–Crippen MR) is 130 cm³/mol. The average molecular weight is 452 g/mol. The molecule has 0 spiro atoms. The highest BCUT2D eigenvalue weighted by molar-refractivity contribution is 7.12. The van der Waals surface area contributed by atoms with E-state index in [1.807, 2.05) is 54.7 Å². The molecule has 2 aromatic heterocycles. The molecule has 2 heterocycles. The first-order chi connectivity index (χ1) is 15.5. The molecule has 7 nitrogen and oxygen atoms in total. The number of amides is 1. The van der Waals surface area contributed by atoms with Crippen molar-refractivity contribution in [2.75, 3.05) is 24.3 Å². The van der Waals surface area contributed by atoms with Gasteiger partial charge in [-0.25, -0.2) is 4.98 Å². The Morgan fingerprint density at radius 1 is 1.00 bits per heavy atom. The van der Waals surface area contributed by atoms with Crippen molar-refractivity contribution in [3.05, 3.63) is 46.7 Å². The van der Waals surface area contributed by atoms with Crippen LogP contribution in [0.5, 0.6) is 0 Å². The topological polar surface area (TPSA) is 87.2 Å². The lowest BCUT2D eigenvalue weighted by Crippen LogP contribution is -2.40. The highest BCUT2D eigenvalue weighted by atomic mass is 32.1. The van der Waals surface area contributed by atoms with Crippen LogP contribution >= 0.6 is 11.3 Å². The lowest BCUT2D eigenvalue weighted by atomic mass is 9.91. The average Bonchev–Trinajstić information content (AvgIpc) is 3.33. The number of fused-ring (bicyclic) bond motifs is 1. The van der Waals surface area contributed by atoms with Crippen LogP contribution in [-0.2, 0) is 4.79 Å². The van der Waals surface area contributed by atoms with Gasteiger partial charge in [0.1, 0.15) is 5.82 Å². The second-order valence-electron chi connectivity index (χ2n) is 8.44. The lowest BCUT2D eigenvalue weighted by Gasteiger charge is -2.30. The fourth-order valence-corrected chi connectivity index (χ4v) is 4.81. The van der Waals surface area contributed by atoms with Crippen molar-refractivity contribution in [2.45, 2.75) is 50.6 Å². The standard InChI is InChI=1S/C24H29N5O2S/c1-29(2)23-18-6-3-4-7-19(18)27-24(28-23)26-17-11-9-16(10-12-17)25-22(31)14-13-20(30)21-8-5-15-32-21/h3-8,15-17H,9-14H2,1-2H3,(H,25,31)(H,26,27,28)/t16-,17+. The summed E-state index contributed by atoms with van der Waals surface area (Å²) in [6.07, 6.45) is 4.18. The van der Waals surface area contributed by atoms with Crippen molar-refractivity contribution < 1.29 is 9.59 Å². The monoisotopic (exact) mass is 451 g/mol. The van der Waals surface area contributed by atoms with Gasteiger partial charge in [0, 0.05) is 44.4 Å². The van der Waals surface area contributed by atoms with Crippen LogP contribution in [0.2, 0.25) is 0 Å². The molecule has 0 atom stereocenters. The second kappa shape index (κ2) is 10.1. The number of ketones is 1. The summed E-state index contributed by atoms with van der Waals surface area (Å²) in [5.74, 6) is 1.54. The number of carbonyl (C=O) groups is 2. The minimum atomic E-state index is -0.0418. The molecular formula is C24H29N5O2S. The van der Waals surface area contributed by atoms with Gasteiger partial charge in [0.05, 0.1) is 10.4 Å². The van der Waals surface area contributed by atoms with E-state index < -0.39 is 0 Å². The largest absolute Gasteiger partial charge is 0.362 e. The van der Waals surface area contributed by atoms with Crippen LogP contribution in [-0.4, -0.2) is 47.8 Å². The third-order valence-electron chi connectivity index (χ3n) is 5.81. The van der Waals surface area contributed by atoms with Crippen LogP contribution in [0.1, 0.15) is 48.2 Å². The molecule has 1 amide bonds. The quantitative estimate of drug-likeness (QED) is 0.498. The molecule has 32 heavy (non-hydrogen) atoms. The number of nitrogens with zero attached hydrogens (tertiary/aromatic N) is 3. The number of hydrogen-bond acceptors (Lipinski definition) is 7. The minimum absolute atomic E-state index is 0.0375. The number of hydrogen-bond donors (Lipinski definition) is 2. The molecule has 1 aliphatic carbocycles. The zero-order valence-electron chi connectivity index (χ0n) is 18.5. The molecule has 1 aromatic carbocycles. The van der Waals surface area contributed by atoms with E-state index in [9.17, 15) is 9.59 Å². The number of thiophene rings is 1. The molecule has 3 aromatic rings. The van der Waals surface area contributed by atoms with Crippen LogP contribution in [0.3, 0.4) is 0 Å². The summed E-state index contributed by atoms with van der Waals surface area (Å²) in [6.45, 7) is 0. The van der Waals surface area contributed by atoms with E-state index in [1.54, 1.807) is 6.07 Å². The Balaban J connectivity index is 1.27. The zero-order chi connectivity index (χ0) is 22.5. The first kappa shape index (κ1) is 22.2. The SMILES string of the molecule is CN(C)c1nc(N[C@H]2CC[C@@H](NC(=O)CCC(=O)c3cccs3)CC2)nc2ccccc12. The van der Waals surface area contributed by atoms with E-state index in [-0.39, 0.29) is 36.6 Å². The van der Waals surface area contributed by atoms with Crippen molar-refractivity contribution in [3.8, 4) is 0 Å². The Morgan fingerprint density at radius 2 is 1.75 bits per heavy atom.